The maximum atomic E-state index is 5.91. The van der Waals surface area contributed by atoms with E-state index in [1.54, 1.807) is 12.4 Å². The number of aryl methyl sites for hydroxylation is 2. The van der Waals surface area contributed by atoms with Gasteiger partial charge in [0, 0.05) is 10.7 Å². The fraction of sp³-hybridized carbons (Fsp3) is 0.214. The van der Waals surface area contributed by atoms with Crippen LogP contribution in [-0.4, -0.2) is 4.98 Å². The highest BCUT2D eigenvalue weighted by atomic mass is 79.9. The van der Waals surface area contributed by atoms with Crippen LogP contribution >= 0.6 is 15.9 Å². The van der Waals surface area contributed by atoms with E-state index < -0.39 is 0 Å². The van der Waals surface area contributed by atoms with Gasteiger partial charge in [0.1, 0.15) is 11.5 Å². The van der Waals surface area contributed by atoms with Gasteiger partial charge in [-0.2, -0.15) is 0 Å². The lowest BCUT2D eigenvalue weighted by atomic mass is 10.1. The van der Waals surface area contributed by atoms with Crippen LogP contribution in [0.25, 0.3) is 0 Å². The fourth-order valence-electron chi connectivity index (χ4n) is 1.65. The van der Waals surface area contributed by atoms with E-state index in [2.05, 4.69) is 46.9 Å². The molecule has 0 aliphatic carbocycles. The average molecular weight is 292 g/mol. The minimum atomic E-state index is 0.746. The molecule has 0 unspecified atom stereocenters. The predicted molar refractivity (Wildman–Crippen MR) is 72.7 cm³/mol. The SMILES string of the molecule is Cc1ccc(C)c(Oc2cncc(Br)c2)c1C. The molecule has 1 heterocycles. The van der Waals surface area contributed by atoms with Gasteiger partial charge in [-0.15, -0.1) is 0 Å². The molecule has 0 saturated heterocycles. The van der Waals surface area contributed by atoms with Crippen molar-refractivity contribution < 1.29 is 4.74 Å². The highest BCUT2D eigenvalue weighted by Crippen LogP contribution is 2.31. The van der Waals surface area contributed by atoms with Crippen molar-refractivity contribution >= 4 is 15.9 Å². The summed E-state index contributed by atoms with van der Waals surface area (Å²) in [6.07, 6.45) is 3.45. The van der Waals surface area contributed by atoms with Gasteiger partial charge in [-0.25, -0.2) is 0 Å². The van der Waals surface area contributed by atoms with Gasteiger partial charge in [-0.3, -0.25) is 4.98 Å². The lowest BCUT2D eigenvalue weighted by Gasteiger charge is -2.13. The molecule has 0 bridgehead atoms. The van der Waals surface area contributed by atoms with Gasteiger partial charge in [0.25, 0.3) is 0 Å². The summed E-state index contributed by atoms with van der Waals surface area (Å²) >= 11 is 3.38. The summed E-state index contributed by atoms with van der Waals surface area (Å²) in [5, 5.41) is 0. The molecule has 0 aliphatic heterocycles. The summed E-state index contributed by atoms with van der Waals surface area (Å²) in [6, 6.07) is 6.09. The number of pyridine rings is 1. The molecule has 0 radical (unpaired) electrons. The van der Waals surface area contributed by atoms with Gasteiger partial charge >= 0.3 is 0 Å². The van der Waals surface area contributed by atoms with E-state index in [-0.39, 0.29) is 0 Å². The van der Waals surface area contributed by atoms with Crippen LogP contribution in [0, 0.1) is 20.8 Å². The van der Waals surface area contributed by atoms with Crippen molar-refractivity contribution in [3.63, 3.8) is 0 Å². The number of hydrogen-bond donors (Lipinski definition) is 0. The van der Waals surface area contributed by atoms with E-state index in [1.165, 1.54) is 11.1 Å². The first kappa shape index (κ1) is 12.1. The number of nitrogens with zero attached hydrogens (tertiary/aromatic N) is 1. The van der Waals surface area contributed by atoms with Crippen molar-refractivity contribution in [2.75, 3.05) is 0 Å². The zero-order chi connectivity index (χ0) is 12.4. The zero-order valence-electron chi connectivity index (χ0n) is 10.1. The second kappa shape index (κ2) is 4.88. The maximum absolute atomic E-state index is 5.91. The molecule has 2 aromatic rings. The van der Waals surface area contributed by atoms with Crippen LogP contribution in [0.1, 0.15) is 16.7 Å². The van der Waals surface area contributed by atoms with Crippen molar-refractivity contribution in [3.8, 4) is 11.5 Å². The second-order valence-corrected chi connectivity index (χ2v) is 5.01. The summed E-state index contributed by atoms with van der Waals surface area (Å²) in [6.45, 7) is 6.21. The summed E-state index contributed by atoms with van der Waals surface area (Å²) in [7, 11) is 0. The third-order valence-corrected chi connectivity index (χ3v) is 3.21. The average Bonchev–Trinajstić information content (AvgIpc) is 2.30. The monoisotopic (exact) mass is 291 g/mol. The summed E-state index contributed by atoms with van der Waals surface area (Å²) in [5.74, 6) is 1.67. The molecule has 2 nitrogen and oxygen atoms in total. The van der Waals surface area contributed by atoms with Gasteiger partial charge in [0.2, 0.25) is 0 Å². The van der Waals surface area contributed by atoms with Gasteiger partial charge in [-0.05, 0) is 59.5 Å². The van der Waals surface area contributed by atoms with Gasteiger partial charge in [-0.1, -0.05) is 12.1 Å². The fourth-order valence-corrected chi connectivity index (χ4v) is 1.99. The van der Waals surface area contributed by atoms with Gasteiger partial charge in [0.15, 0.2) is 0 Å². The number of aromatic nitrogens is 1. The van der Waals surface area contributed by atoms with Crippen LogP contribution in [0.2, 0.25) is 0 Å². The van der Waals surface area contributed by atoms with Crippen molar-refractivity contribution in [1.82, 2.24) is 4.98 Å². The summed E-state index contributed by atoms with van der Waals surface area (Å²) in [4.78, 5) is 4.09. The number of rotatable bonds is 2. The van der Waals surface area contributed by atoms with Crippen molar-refractivity contribution in [3.05, 3.63) is 51.8 Å². The molecule has 0 aliphatic rings. The molecule has 2 rings (SSSR count). The Morgan fingerprint density at radius 1 is 1.06 bits per heavy atom. The predicted octanol–water partition coefficient (Wildman–Crippen LogP) is 4.56. The van der Waals surface area contributed by atoms with Crippen molar-refractivity contribution in [1.29, 1.82) is 0 Å². The second-order valence-electron chi connectivity index (χ2n) is 4.09. The Bertz CT molecular complexity index is 552. The molecule has 0 atom stereocenters. The van der Waals surface area contributed by atoms with E-state index in [9.17, 15) is 0 Å². The molecule has 17 heavy (non-hydrogen) atoms. The van der Waals surface area contributed by atoms with Crippen LogP contribution in [-0.2, 0) is 0 Å². The maximum Gasteiger partial charge on any atom is 0.146 e. The Morgan fingerprint density at radius 3 is 2.47 bits per heavy atom. The molecule has 88 valence electrons. The molecular weight excluding hydrogens is 278 g/mol. The number of halogens is 1. The molecule has 1 aromatic heterocycles. The van der Waals surface area contributed by atoms with E-state index in [0.717, 1.165) is 21.5 Å². The molecule has 0 amide bonds. The van der Waals surface area contributed by atoms with E-state index in [1.807, 2.05) is 13.0 Å². The van der Waals surface area contributed by atoms with Crippen LogP contribution < -0.4 is 4.74 Å². The number of benzene rings is 1. The normalized spacial score (nSPS) is 10.4. The minimum Gasteiger partial charge on any atom is -0.455 e. The van der Waals surface area contributed by atoms with Crippen molar-refractivity contribution in [2.45, 2.75) is 20.8 Å². The summed E-state index contributed by atoms with van der Waals surface area (Å²) < 4.78 is 6.82. The Balaban J connectivity index is 2.39. The van der Waals surface area contributed by atoms with Crippen LogP contribution in [0.15, 0.2) is 35.1 Å². The lowest BCUT2D eigenvalue weighted by Crippen LogP contribution is -1.93. The first-order chi connectivity index (χ1) is 8.08. The van der Waals surface area contributed by atoms with E-state index in [0.29, 0.717) is 0 Å². The first-order valence-corrected chi connectivity index (χ1v) is 6.22. The molecule has 0 saturated carbocycles. The van der Waals surface area contributed by atoms with Gasteiger partial charge in [0.05, 0.1) is 6.20 Å². The highest BCUT2D eigenvalue weighted by molar-refractivity contribution is 9.10. The van der Waals surface area contributed by atoms with Crippen LogP contribution in [0.3, 0.4) is 0 Å². The number of hydrogen-bond acceptors (Lipinski definition) is 2. The van der Waals surface area contributed by atoms with Gasteiger partial charge < -0.3 is 4.74 Å². The molecule has 0 fully saturated rings. The molecule has 1 aromatic carbocycles. The lowest BCUT2D eigenvalue weighted by molar-refractivity contribution is 0.472. The van der Waals surface area contributed by atoms with Crippen molar-refractivity contribution in [2.24, 2.45) is 0 Å². The first-order valence-electron chi connectivity index (χ1n) is 5.43. The Hall–Kier alpha value is -1.35. The molecular formula is C14H14BrNO. The quantitative estimate of drug-likeness (QED) is 0.809. The molecule has 0 spiro atoms. The summed E-state index contributed by atoms with van der Waals surface area (Å²) in [5.41, 5.74) is 3.53. The Labute approximate surface area is 110 Å². The van der Waals surface area contributed by atoms with Crippen LogP contribution in [0.4, 0.5) is 0 Å². The number of ether oxygens (including phenoxy) is 1. The molecule has 0 N–H and O–H groups in total. The van der Waals surface area contributed by atoms with E-state index >= 15 is 0 Å². The van der Waals surface area contributed by atoms with E-state index in [4.69, 9.17) is 4.74 Å². The molecule has 3 heteroatoms. The minimum absolute atomic E-state index is 0.746. The zero-order valence-corrected chi connectivity index (χ0v) is 11.7. The largest absolute Gasteiger partial charge is 0.455 e. The smallest absolute Gasteiger partial charge is 0.146 e. The standard InChI is InChI=1S/C14H14BrNO/c1-9-4-5-10(2)14(11(9)3)17-13-6-12(15)7-16-8-13/h4-8H,1-3H3. The Kier molecular flexibility index (Phi) is 3.48. The highest BCUT2D eigenvalue weighted by Gasteiger charge is 2.07. The topological polar surface area (TPSA) is 22.1 Å². The van der Waals surface area contributed by atoms with Crippen LogP contribution in [0.5, 0.6) is 11.5 Å². The third-order valence-electron chi connectivity index (χ3n) is 2.77. The third kappa shape index (κ3) is 2.67. The Morgan fingerprint density at radius 2 is 1.76 bits per heavy atom.